The van der Waals surface area contributed by atoms with Crippen LogP contribution in [0.5, 0.6) is 28.7 Å². The number of phenolic OH excluding ortho intramolecular Hbond substituents is 3. The number of benzene rings is 2. The van der Waals surface area contributed by atoms with E-state index in [4.69, 9.17) is 28.1 Å². The number of aromatic hydroxyl groups is 3. The Labute approximate surface area is 252 Å². The lowest BCUT2D eigenvalue weighted by Crippen LogP contribution is -2.65. The van der Waals surface area contributed by atoms with E-state index < -0.39 is 108 Å². The lowest BCUT2D eigenvalue weighted by atomic mass is 9.97. The molecular formula is C28H32O17. The summed E-state index contributed by atoms with van der Waals surface area (Å²) in [5.74, 6) is -2.80. The molecule has 2 fully saturated rings. The molecule has 1 aromatic heterocycles. The van der Waals surface area contributed by atoms with Crippen molar-refractivity contribution in [1.29, 1.82) is 0 Å². The second-order valence-corrected chi connectivity index (χ2v) is 10.4. The van der Waals surface area contributed by atoms with Gasteiger partial charge in [-0.05, 0) is 24.3 Å². The summed E-state index contributed by atoms with van der Waals surface area (Å²) in [7, 11) is 1.18. The Morgan fingerprint density at radius 1 is 0.756 bits per heavy atom. The highest BCUT2D eigenvalue weighted by Crippen LogP contribution is 2.43. The summed E-state index contributed by atoms with van der Waals surface area (Å²) in [5.41, 5.74) is -1.32. The van der Waals surface area contributed by atoms with Crippen molar-refractivity contribution in [3.8, 4) is 40.1 Å². The van der Waals surface area contributed by atoms with E-state index in [1.54, 1.807) is 0 Å². The Balaban J connectivity index is 1.63. The SMILES string of the molecule is COc1c(O)cc(O)c2c(=O)c(O[C@H]3O[C@H](CO)[C@@H](O)[C@H](O)[C@H]3O[C@@H]3O[C@H](CO)[C@@H](O)[C@H](O)[C@H]3O)c(-c3ccc(O)cc3)oc12. The first kappa shape index (κ1) is 32.6. The minimum atomic E-state index is -1.96. The van der Waals surface area contributed by atoms with Crippen LogP contribution in [0.15, 0.2) is 39.5 Å². The average molecular weight is 641 g/mol. The van der Waals surface area contributed by atoms with Gasteiger partial charge < -0.3 is 79.2 Å². The summed E-state index contributed by atoms with van der Waals surface area (Å²) in [6.07, 6.45) is -17.9. The van der Waals surface area contributed by atoms with E-state index in [0.29, 0.717) is 0 Å². The van der Waals surface area contributed by atoms with Crippen molar-refractivity contribution in [2.45, 2.75) is 61.4 Å². The molecule has 17 nitrogen and oxygen atoms in total. The topological polar surface area (TPSA) is 279 Å². The normalized spacial score (nSPS) is 32.0. The van der Waals surface area contributed by atoms with Crippen LogP contribution in [-0.4, -0.2) is 133 Å². The summed E-state index contributed by atoms with van der Waals surface area (Å²) in [6.45, 7) is -1.65. The second kappa shape index (κ2) is 12.9. The summed E-state index contributed by atoms with van der Waals surface area (Å²) in [5, 5.41) is 102. The van der Waals surface area contributed by atoms with Crippen molar-refractivity contribution in [3.63, 3.8) is 0 Å². The molecule has 2 aromatic carbocycles. The molecule has 45 heavy (non-hydrogen) atoms. The lowest BCUT2D eigenvalue weighted by Gasteiger charge is -2.45. The quantitative estimate of drug-likeness (QED) is 0.123. The number of hydrogen-bond acceptors (Lipinski definition) is 17. The van der Waals surface area contributed by atoms with Crippen molar-refractivity contribution in [2.75, 3.05) is 20.3 Å². The van der Waals surface area contributed by atoms with E-state index >= 15 is 0 Å². The highest BCUT2D eigenvalue weighted by molar-refractivity contribution is 5.93. The molecule has 2 aliphatic rings. The molecule has 0 bridgehead atoms. The van der Waals surface area contributed by atoms with Gasteiger partial charge in [-0.15, -0.1) is 0 Å². The number of aliphatic hydroxyl groups excluding tert-OH is 7. The van der Waals surface area contributed by atoms with Crippen molar-refractivity contribution < 1.29 is 79.2 Å². The molecular weight excluding hydrogens is 608 g/mol. The number of methoxy groups -OCH3 is 1. The van der Waals surface area contributed by atoms with E-state index in [9.17, 15) is 55.9 Å². The fourth-order valence-electron chi connectivity index (χ4n) is 5.15. The molecule has 5 rings (SSSR count). The minimum Gasteiger partial charge on any atom is -0.508 e. The molecule has 0 saturated carbocycles. The zero-order valence-corrected chi connectivity index (χ0v) is 23.4. The van der Waals surface area contributed by atoms with Crippen molar-refractivity contribution in [3.05, 3.63) is 40.6 Å². The van der Waals surface area contributed by atoms with E-state index in [0.717, 1.165) is 6.07 Å². The number of ether oxygens (including phenoxy) is 5. The number of fused-ring (bicyclic) bond motifs is 1. The first-order valence-corrected chi connectivity index (χ1v) is 13.6. The van der Waals surface area contributed by atoms with E-state index in [-0.39, 0.29) is 22.8 Å². The van der Waals surface area contributed by atoms with Crippen LogP contribution in [0.2, 0.25) is 0 Å². The Kier molecular flexibility index (Phi) is 9.38. The Bertz CT molecular complexity index is 1560. The maximum atomic E-state index is 13.9. The van der Waals surface area contributed by atoms with Gasteiger partial charge in [0.05, 0.1) is 20.3 Å². The Morgan fingerprint density at radius 3 is 1.96 bits per heavy atom. The van der Waals surface area contributed by atoms with Crippen LogP contribution in [0.3, 0.4) is 0 Å². The highest BCUT2D eigenvalue weighted by Gasteiger charge is 2.51. The van der Waals surface area contributed by atoms with Gasteiger partial charge in [-0.1, -0.05) is 0 Å². The van der Waals surface area contributed by atoms with Gasteiger partial charge in [0, 0.05) is 11.6 Å². The fourth-order valence-corrected chi connectivity index (χ4v) is 5.15. The number of rotatable bonds is 8. The molecule has 0 aliphatic carbocycles. The standard InChI is InChI=1S/C28H32O17/c1-40-23-12(33)6-11(32)15-18(36)25(22(43-24(15)23)9-2-4-10(31)5-3-9)44-28-26(20(38)17(35)14(8-30)42-28)45-27-21(39)19(37)16(34)13(7-29)41-27/h2-6,13-14,16-17,19-21,26-35,37-39H,7-8H2,1H3/t13-,14-,16-,17-,19+,20+,21-,26-,27+,28-/m1/s1. The molecule has 0 unspecified atom stereocenters. The monoisotopic (exact) mass is 640 g/mol. The third-order valence-corrected chi connectivity index (χ3v) is 7.57. The van der Waals surface area contributed by atoms with Crippen molar-refractivity contribution in [1.82, 2.24) is 0 Å². The van der Waals surface area contributed by atoms with E-state index in [2.05, 4.69) is 0 Å². The van der Waals surface area contributed by atoms with Gasteiger partial charge in [-0.2, -0.15) is 0 Å². The zero-order valence-electron chi connectivity index (χ0n) is 23.4. The minimum absolute atomic E-state index is 0.119. The highest BCUT2D eigenvalue weighted by atomic mass is 16.8. The Hall–Kier alpha value is -3.75. The van der Waals surface area contributed by atoms with Crippen molar-refractivity contribution in [2.24, 2.45) is 0 Å². The van der Waals surface area contributed by atoms with Gasteiger partial charge in [-0.3, -0.25) is 4.79 Å². The average Bonchev–Trinajstić information content (AvgIpc) is 3.01. The van der Waals surface area contributed by atoms with Crippen LogP contribution in [0.4, 0.5) is 0 Å². The van der Waals surface area contributed by atoms with Crippen LogP contribution in [0.25, 0.3) is 22.3 Å². The molecule has 0 radical (unpaired) electrons. The molecule has 10 atom stereocenters. The van der Waals surface area contributed by atoms with Crippen LogP contribution < -0.4 is 14.9 Å². The molecule has 2 saturated heterocycles. The van der Waals surface area contributed by atoms with E-state index in [1.807, 2.05) is 0 Å². The molecule has 0 amide bonds. The smallest absolute Gasteiger partial charge is 0.239 e. The predicted octanol–water partition coefficient (Wildman–Crippen LogP) is -2.41. The zero-order chi connectivity index (χ0) is 32.7. The second-order valence-electron chi connectivity index (χ2n) is 10.4. The third-order valence-electron chi connectivity index (χ3n) is 7.57. The predicted molar refractivity (Wildman–Crippen MR) is 146 cm³/mol. The lowest BCUT2D eigenvalue weighted by molar-refractivity contribution is -0.358. The molecule has 3 heterocycles. The van der Waals surface area contributed by atoms with Gasteiger partial charge in [0.1, 0.15) is 59.6 Å². The summed E-state index contributed by atoms with van der Waals surface area (Å²) < 4.78 is 33.6. The fraction of sp³-hybridized carbons (Fsp3) is 0.464. The van der Waals surface area contributed by atoms with Gasteiger partial charge in [-0.25, -0.2) is 0 Å². The molecule has 10 N–H and O–H groups in total. The van der Waals surface area contributed by atoms with Gasteiger partial charge in [0.15, 0.2) is 29.5 Å². The summed E-state index contributed by atoms with van der Waals surface area (Å²) >= 11 is 0. The number of hydrogen-bond donors (Lipinski definition) is 10. The molecule has 2 aliphatic heterocycles. The molecule has 246 valence electrons. The maximum Gasteiger partial charge on any atom is 0.239 e. The van der Waals surface area contributed by atoms with Crippen LogP contribution in [0.1, 0.15) is 0 Å². The van der Waals surface area contributed by atoms with Crippen molar-refractivity contribution >= 4 is 11.0 Å². The van der Waals surface area contributed by atoms with Crippen LogP contribution in [0, 0.1) is 0 Å². The molecule has 3 aromatic rings. The molecule has 0 spiro atoms. The molecule has 17 heteroatoms. The van der Waals surface area contributed by atoms with Gasteiger partial charge in [0.2, 0.25) is 23.2 Å². The number of aliphatic hydroxyl groups is 7. The summed E-state index contributed by atoms with van der Waals surface area (Å²) in [6, 6.07) is 6.00. The van der Waals surface area contributed by atoms with Gasteiger partial charge in [0.25, 0.3) is 0 Å². The maximum absolute atomic E-state index is 13.9. The third kappa shape index (κ3) is 5.86. The summed E-state index contributed by atoms with van der Waals surface area (Å²) in [4.78, 5) is 13.9. The largest absolute Gasteiger partial charge is 0.508 e. The number of phenols is 3. The first-order valence-electron chi connectivity index (χ1n) is 13.6. The van der Waals surface area contributed by atoms with Crippen LogP contribution in [-0.2, 0) is 14.2 Å². The van der Waals surface area contributed by atoms with E-state index in [1.165, 1.54) is 31.4 Å². The Morgan fingerprint density at radius 2 is 1.36 bits per heavy atom. The first-order chi connectivity index (χ1) is 21.4. The van der Waals surface area contributed by atoms with Crippen LogP contribution >= 0.6 is 0 Å². The van der Waals surface area contributed by atoms with Gasteiger partial charge >= 0.3 is 0 Å².